The zero-order valence-corrected chi connectivity index (χ0v) is 24.8. The molecule has 4 fully saturated rings. The number of aromatic nitrogens is 2. The number of rotatable bonds is 9. The fourth-order valence-corrected chi connectivity index (χ4v) is 8.91. The highest BCUT2D eigenvalue weighted by Crippen LogP contribution is 2.60. The summed E-state index contributed by atoms with van der Waals surface area (Å²) in [5, 5.41) is 15.2. The number of hydrogen-bond donors (Lipinski definition) is 1. The highest BCUT2D eigenvalue weighted by Gasteiger charge is 2.58. The summed E-state index contributed by atoms with van der Waals surface area (Å²) in [5.41, 5.74) is 4.53. The highest BCUT2D eigenvalue weighted by molar-refractivity contribution is 5.76. The summed E-state index contributed by atoms with van der Waals surface area (Å²) in [7, 11) is 0. The molecule has 4 aliphatic rings. The van der Waals surface area contributed by atoms with Crippen LogP contribution in [0, 0.1) is 35.9 Å². The van der Waals surface area contributed by atoms with Gasteiger partial charge in [0.05, 0.1) is 11.1 Å². The van der Waals surface area contributed by atoms with Gasteiger partial charge in [-0.25, -0.2) is 4.39 Å². The quantitative estimate of drug-likeness (QED) is 0.434. The van der Waals surface area contributed by atoms with E-state index in [-0.39, 0.29) is 11.7 Å². The summed E-state index contributed by atoms with van der Waals surface area (Å²) in [4.78, 5) is 17.6. The van der Waals surface area contributed by atoms with Crippen molar-refractivity contribution in [2.24, 2.45) is 23.2 Å². The number of likely N-dealkylation sites (tertiary alicyclic amines) is 2. The van der Waals surface area contributed by atoms with Crippen LogP contribution in [0.15, 0.2) is 24.3 Å². The van der Waals surface area contributed by atoms with Crippen LogP contribution in [0.25, 0.3) is 0 Å². The van der Waals surface area contributed by atoms with Crippen LogP contribution in [0.2, 0.25) is 0 Å². The predicted molar refractivity (Wildman–Crippen MR) is 155 cm³/mol. The molecule has 0 amide bonds. The smallest absolute Gasteiger partial charge is 0.310 e. The maximum Gasteiger partial charge on any atom is 0.310 e. The summed E-state index contributed by atoms with van der Waals surface area (Å²) < 4.78 is 16.5. The number of carboxylic acids is 1. The lowest BCUT2D eigenvalue weighted by atomic mass is 9.82. The van der Waals surface area contributed by atoms with E-state index < -0.39 is 11.4 Å². The van der Waals surface area contributed by atoms with E-state index in [1.165, 1.54) is 29.4 Å². The Hall–Kier alpha value is -2.25. The Balaban J connectivity index is 1.18. The number of fused-ring (bicyclic) bond motifs is 1. The van der Waals surface area contributed by atoms with E-state index in [1.54, 1.807) is 6.07 Å². The summed E-state index contributed by atoms with van der Waals surface area (Å²) in [6.07, 6.45) is 6.13. The van der Waals surface area contributed by atoms with Gasteiger partial charge in [0.25, 0.3) is 0 Å². The van der Waals surface area contributed by atoms with E-state index in [1.807, 2.05) is 6.07 Å². The van der Waals surface area contributed by atoms with Crippen LogP contribution in [-0.2, 0) is 17.8 Å². The number of piperidine rings is 1. The highest BCUT2D eigenvalue weighted by atomic mass is 19.1. The Morgan fingerprint density at radius 3 is 2.52 bits per heavy atom. The fourth-order valence-electron chi connectivity index (χ4n) is 8.91. The number of nitrogens with zero attached hydrogens (tertiary/aromatic N) is 4. The van der Waals surface area contributed by atoms with Crippen molar-refractivity contribution in [2.45, 2.75) is 90.6 Å². The van der Waals surface area contributed by atoms with Gasteiger partial charge in [-0.05, 0) is 119 Å². The van der Waals surface area contributed by atoms with Gasteiger partial charge in [0.15, 0.2) is 0 Å². The molecule has 5 unspecified atom stereocenters. The normalized spacial score (nSPS) is 31.9. The van der Waals surface area contributed by atoms with Gasteiger partial charge in [-0.3, -0.25) is 9.48 Å². The molecular weight excluding hydrogens is 503 g/mol. The summed E-state index contributed by atoms with van der Waals surface area (Å²) in [6, 6.07) is 7.48. The number of aryl methyl sites for hydroxylation is 2. The fraction of sp³-hybridized carbons (Fsp3) is 0.697. The van der Waals surface area contributed by atoms with Crippen LogP contribution in [0.5, 0.6) is 0 Å². The molecule has 0 radical (unpaired) electrons. The molecule has 6 rings (SSSR count). The summed E-state index contributed by atoms with van der Waals surface area (Å²) >= 11 is 0. The first kappa shape index (κ1) is 27.9. The molecular formula is C33H47FN4O2. The van der Waals surface area contributed by atoms with Gasteiger partial charge >= 0.3 is 5.97 Å². The van der Waals surface area contributed by atoms with Crippen molar-refractivity contribution in [3.63, 3.8) is 0 Å². The first-order valence-corrected chi connectivity index (χ1v) is 15.7. The lowest BCUT2D eigenvalue weighted by Gasteiger charge is -2.40. The van der Waals surface area contributed by atoms with E-state index in [0.29, 0.717) is 36.3 Å². The lowest BCUT2D eigenvalue weighted by molar-refractivity contribution is -0.150. The number of halogens is 1. The molecule has 3 heterocycles. The Kier molecular flexibility index (Phi) is 7.58. The molecule has 2 saturated carbocycles. The van der Waals surface area contributed by atoms with Crippen LogP contribution in [0.3, 0.4) is 0 Å². The number of carbonyl (C=O) groups is 1. The molecule has 218 valence electrons. The SMILES string of the molecule is CCc1nn(CC)c(C)c1C1CCN(C(C)C2CN(CC3(C(=O)O)CC4CC4C3)CC2c2cccc(F)c2)CC1. The third kappa shape index (κ3) is 5.02. The minimum atomic E-state index is -0.617. The Morgan fingerprint density at radius 1 is 1.18 bits per heavy atom. The molecule has 1 N–H and O–H groups in total. The molecule has 2 aromatic rings. The van der Waals surface area contributed by atoms with Crippen LogP contribution in [0.1, 0.15) is 87.2 Å². The molecule has 0 bridgehead atoms. The molecule has 5 atom stereocenters. The number of carboxylic acid groups (broad SMARTS) is 1. The van der Waals surface area contributed by atoms with E-state index in [0.717, 1.165) is 70.4 Å². The van der Waals surface area contributed by atoms with Gasteiger partial charge in [0.1, 0.15) is 5.82 Å². The predicted octanol–water partition coefficient (Wildman–Crippen LogP) is 5.70. The Morgan fingerprint density at radius 2 is 1.90 bits per heavy atom. The van der Waals surface area contributed by atoms with Gasteiger partial charge in [-0.2, -0.15) is 5.10 Å². The molecule has 2 aliphatic carbocycles. The minimum absolute atomic E-state index is 0.184. The molecule has 40 heavy (non-hydrogen) atoms. The van der Waals surface area contributed by atoms with Gasteiger partial charge in [0, 0.05) is 43.8 Å². The van der Waals surface area contributed by atoms with E-state index >= 15 is 0 Å². The Labute approximate surface area is 238 Å². The first-order valence-electron chi connectivity index (χ1n) is 15.7. The molecule has 6 nitrogen and oxygen atoms in total. The first-order chi connectivity index (χ1) is 19.2. The zero-order chi connectivity index (χ0) is 28.2. The monoisotopic (exact) mass is 550 g/mol. The zero-order valence-electron chi connectivity index (χ0n) is 24.8. The number of benzene rings is 1. The maximum absolute atomic E-state index is 14.4. The van der Waals surface area contributed by atoms with Crippen LogP contribution < -0.4 is 0 Å². The molecule has 0 spiro atoms. The van der Waals surface area contributed by atoms with E-state index in [9.17, 15) is 14.3 Å². The second-order valence-electron chi connectivity index (χ2n) is 13.4. The van der Waals surface area contributed by atoms with Crippen LogP contribution in [-0.4, -0.2) is 69.4 Å². The number of aliphatic carboxylic acids is 1. The molecule has 7 heteroatoms. The number of hydrogen-bond acceptors (Lipinski definition) is 4. The Bertz CT molecular complexity index is 1230. The average Bonchev–Trinajstić information content (AvgIpc) is 3.26. The van der Waals surface area contributed by atoms with E-state index in [4.69, 9.17) is 5.10 Å². The average molecular weight is 551 g/mol. The van der Waals surface area contributed by atoms with Crippen molar-refractivity contribution < 1.29 is 14.3 Å². The molecule has 1 aromatic carbocycles. The molecule has 2 saturated heterocycles. The third-order valence-corrected chi connectivity index (χ3v) is 11.2. The lowest BCUT2D eigenvalue weighted by Crippen LogP contribution is -2.46. The van der Waals surface area contributed by atoms with Gasteiger partial charge in [0.2, 0.25) is 0 Å². The van der Waals surface area contributed by atoms with Gasteiger partial charge in [-0.1, -0.05) is 19.1 Å². The van der Waals surface area contributed by atoms with Crippen LogP contribution >= 0.6 is 0 Å². The van der Waals surface area contributed by atoms with Crippen molar-refractivity contribution in [2.75, 3.05) is 32.7 Å². The maximum atomic E-state index is 14.4. The van der Waals surface area contributed by atoms with Crippen molar-refractivity contribution in [3.8, 4) is 0 Å². The van der Waals surface area contributed by atoms with Crippen molar-refractivity contribution >= 4 is 5.97 Å². The molecule has 1 aromatic heterocycles. The summed E-state index contributed by atoms with van der Waals surface area (Å²) in [5.74, 6) is 1.55. The van der Waals surface area contributed by atoms with Gasteiger partial charge < -0.3 is 14.9 Å². The second-order valence-corrected chi connectivity index (χ2v) is 13.4. The topological polar surface area (TPSA) is 61.6 Å². The largest absolute Gasteiger partial charge is 0.481 e. The van der Waals surface area contributed by atoms with Crippen molar-refractivity contribution in [1.82, 2.24) is 19.6 Å². The second kappa shape index (κ2) is 10.9. The van der Waals surface area contributed by atoms with Crippen molar-refractivity contribution in [3.05, 3.63) is 52.6 Å². The minimum Gasteiger partial charge on any atom is -0.481 e. The standard InChI is InChI=1S/C33H47FN4O2/c1-5-30-31(22(4)38(6-2)35-30)23-10-12-37(13-11-23)21(3)28-18-36(19-29(28)24-8-7-9-27(34)15-24)20-33(32(39)40)16-25-14-26(25)17-33/h7-9,15,21,23,25-26,28-29H,5-6,10-14,16-20H2,1-4H3,(H,39,40). The van der Waals surface area contributed by atoms with Crippen LogP contribution in [0.4, 0.5) is 4.39 Å². The molecule has 2 aliphatic heterocycles. The van der Waals surface area contributed by atoms with E-state index in [2.05, 4.69) is 48.2 Å². The third-order valence-electron chi connectivity index (χ3n) is 11.2. The van der Waals surface area contributed by atoms with Crippen molar-refractivity contribution in [1.29, 1.82) is 0 Å². The van der Waals surface area contributed by atoms with Gasteiger partial charge in [-0.15, -0.1) is 0 Å². The summed E-state index contributed by atoms with van der Waals surface area (Å²) in [6.45, 7) is 14.3.